The molecule has 2 aromatic rings. The maximum absolute atomic E-state index is 9.24. The normalized spacial score (nSPS) is 20.0. The molecule has 1 N–H and O–H groups in total. The zero-order chi connectivity index (χ0) is 14.8. The number of aliphatic hydroxyl groups is 1. The van der Waals surface area contributed by atoms with Gasteiger partial charge in [-0.1, -0.05) is 0 Å². The van der Waals surface area contributed by atoms with Crippen LogP contribution in [0.4, 0.5) is 0 Å². The van der Waals surface area contributed by atoms with Crippen LogP contribution in [0, 0.1) is 0 Å². The van der Waals surface area contributed by atoms with Gasteiger partial charge in [0.05, 0.1) is 5.69 Å². The van der Waals surface area contributed by atoms with Crippen molar-refractivity contribution in [3.8, 4) is 0 Å². The van der Waals surface area contributed by atoms with Crippen molar-refractivity contribution < 1.29 is 5.11 Å². The van der Waals surface area contributed by atoms with Crippen LogP contribution in [0.25, 0.3) is 0 Å². The number of rotatable bonds is 4. The molecule has 0 aliphatic carbocycles. The summed E-state index contributed by atoms with van der Waals surface area (Å²) in [6.45, 7) is 2.93. The van der Waals surface area contributed by atoms with Gasteiger partial charge in [-0.3, -0.25) is 9.58 Å². The first kappa shape index (κ1) is 14.2. The molecular formula is C14H22N6O. The summed E-state index contributed by atoms with van der Waals surface area (Å²) < 4.78 is 3.86. The van der Waals surface area contributed by atoms with Gasteiger partial charge >= 0.3 is 0 Å². The number of hydrogen-bond donors (Lipinski definition) is 1. The Balaban J connectivity index is 1.70. The molecule has 1 atom stereocenters. The van der Waals surface area contributed by atoms with Crippen molar-refractivity contribution in [2.75, 3.05) is 13.1 Å². The average molecular weight is 290 g/mol. The molecule has 0 amide bonds. The van der Waals surface area contributed by atoms with Crippen molar-refractivity contribution in [1.29, 1.82) is 0 Å². The first-order valence-corrected chi connectivity index (χ1v) is 7.37. The van der Waals surface area contributed by atoms with Gasteiger partial charge in [0.1, 0.15) is 12.4 Å². The summed E-state index contributed by atoms with van der Waals surface area (Å²) in [7, 11) is 3.91. The second-order valence-electron chi connectivity index (χ2n) is 5.71. The fourth-order valence-corrected chi connectivity index (χ4v) is 3.06. The minimum Gasteiger partial charge on any atom is -0.388 e. The Morgan fingerprint density at radius 3 is 2.86 bits per heavy atom. The molecule has 1 saturated heterocycles. The standard InChI is InChI=1S/C14H22N6O/c1-18-13(10-21)16-17-14(18)11-4-3-7-20(8-11)9-12-5-6-15-19(12)2/h5-6,11,21H,3-4,7-10H2,1-2H3/t11-/m1/s1. The van der Waals surface area contributed by atoms with Gasteiger partial charge in [0, 0.05) is 39.3 Å². The Kier molecular flexibility index (Phi) is 4.03. The molecule has 21 heavy (non-hydrogen) atoms. The van der Waals surface area contributed by atoms with Crippen molar-refractivity contribution >= 4 is 0 Å². The number of piperidine rings is 1. The minimum absolute atomic E-state index is 0.0606. The number of aliphatic hydroxyl groups excluding tert-OH is 1. The van der Waals surface area contributed by atoms with Crippen LogP contribution >= 0.6 is 0 Å². The molecule has 3 heterocycles. The molecule has 114 valence electrons. The quantitative estimate of drug-likeness (QED) is 0.883. The zero-order valence-corrected chi connectivity index (χ0v) is 12.6. The molecule has 1 aliphatic rings. The Morgan fingerprint density at radius 1 is 1.33 bits per heavy atom. The Hall–Kier alpha value is -1.73. The second-order valence-corrected chi connectivity index (χ2v) is 5.71. The lowest BCUT2D eigenvalue weighted by Crippen LogP contribution is -2.35. The number of nitrogens with zero attached hydrogens (tertiary/aromatic N) is 6. The first-order chi connectivity index (χ1) is 10.2. The molecule has 0 spiro atoms. The third kappa shape index (κ3) is 2.84. The summed E-state index contributed by atoms with van der Waals surface area (Å²) >= 11 is 0. The molecule has 1 aliphatic heterocycles. The Bertz CT molecular complexity index is 604. The lowest BCUT2D eigenvalue weighted by atomic mass is 9.97. The molecule has 0 saturated carbocycles. The number of aryl methyl sites for hydroxylation is 1. The van der Waals surface area contributed by atoms with E-state index in [0.29, 0.717) is 11.7 Å². The van der Waals surface area contributed by atoms with Crippen LogP contribution in [0.15, 0.2) is 12.3 Å². The SMILES string of the molecule is Cn1nccc1CN1CCC[C@@H](c2nnc(CO)n2C)C1. The predicted octanol–water partition coefficient (Wildman–Crippen LogP) is 0.420. The van der Waals surface area contributed by atoms with E-state index in [2.05, 4.69) is 26.3 Å². The van der Waals surface area contributed by atoms with E-state index in [-0.39, 0.29) is 6.61 Å². The van der Waals surface area contributed by atoms with Gasteiger partial charge < -0.3 is 9.67 Å². The van der Waals surface area contributed by atoms with Gasteiger partial charge in [-0.15, -0.1) is 10.2 Å². The largest absolute Gasteiger partial charge is 0.388 e. The number of aromatic nitrogens is 5. The van der Waals surface area contributed by atoms with Gasteiger partial charge in [0.15, 0.2) is 5.82 Å². The van der Waals surface area contributed by atoms with E-state index in [0.717, 1.165) is 38.3 Å². The average Bonchev–Trinajstić information content (AvgIpc) is 3.06. The van der Waals surface area contributed by atoms with Crippen molar-refractivity contribution in [2.45, 2.75) is 31.9 Å². The molecule has 3 rings (SSSR count). The predicted molar refractivity (Wildman–Crippen MR) is 77.4 cm³/mol. The van der Waals surface area contributed by atoms with Crippen LogP contribution in [0.3, 0.4) is 0 Å². The van der Waals surface area contributed by atoms with E-state index < -0.39 is 0 Å². The molecule has 7 nitrogen and oxygen atoms in total. The van der Waals surface area contributed by atoms with Crippen LogP contribution in [-0.2, 0) is 27.2 Å². The monoisotopic (exact) mass is 290 g/mol. The third-order valence-electron chi connectivity index (χ3n) is 4.32. The van der Waals surface area contributed by atoms with E-state index in [9.17, 15) is 5.11 Å². The van der Waals surface area contributed by atoms with Gasteiger partial charge in [-0.25, -0.2) is 0 Å². The maximum atomic E-state index is 9.24. The van der Waals surface area contributed by atoms with Crippen molar-refractivity contribution in [3.63, 3.8) is 0 Å². The van der Waals surface area contributed by atoms with Crippen LogP contribution in [0.1, 0.15) is 36.1 Å². The smallest absolute Gasteiger partial charge is 0.158 e. The van der Waals surface area contributed by atoms with Crippen LogP contribution in [0.2, 0.25) is 0 Å². The summed E-state index contributed by atoms with van der Waals surface area (Å²) in [6, 6.07) is 2.07. The highest BCUT2D eigenvalue weighted by molar-refractivity contribution is 5.05. The maximum Gasteiger partial charge on any atom is 0.158 e. The molecule has 0 unspecified atom stereocenters. The van der Waals surface area contributed by atoms with Crippen LogP contribution in [0.5, 0.6) is 0 Å². The van der Waals surface area contributed by atoms with Crippen molar-refractivity contribution in [2.24, 2.45) is 14.1 Å². The van der Waals surface area contributed by atoms with Gasteiger partial charge in [-0.2, -0.15) is 5.10 Å². The highest BCUT2D eigenvalue weighted by atomic mass is 16.3. The molecule has 1 fully saturated rings. The third-order valence-corrected chi connectivity index (χ3v) is 4.32. The van der Waals surface area contributed by atoms with Crippen molar-refractivity contribution in [1.82, 2.24) is 29.4 Å². The topological polar surface area (TPSA) is 72.0 Å². The Labute approximate surface area is 124 Å². The summed E-state index contributed by atoms with van der Waals surface area (Å²) in [5.74, 6) is 1.99. The second kappa shape index (κ2) is 5.95. The van der Waals surface area contributed by atoms with Gasteiger partial charge in [0.25, 0.3) is 0 Å². The van der Waals surface area contributed by atoms with Gasteiger partial charge in [0.2, 0.25) is 0 Å². The van der Waals surface area contributed by atoms with Crippen LogP contribution in [-0.4, -0.2) is 47.6 Å². The highest BCUT2D eigenvalue weighted by Gasteiger charge is 2.26. The van der Waals surface area contributed by atoms with E-state index in [1.165, 1.54) is 5.69 Å². The van der Waals surface area contributed by atoms with E-state index in [1.54, 1.807) is 0 Å². The first-order valence-electron chi connectivity index (χ1n) is 7.37. The summed E-state index contributed by atoms with van der Waals surface area (Å²) in [6.07, 6.45) is 4.12. The van der Waals surface area contributed by atoms with E-state index >= 15 is 0 Å². The number of likely N-dealkylation sites (tertiary alicyclic amines) is 1. The highest BCUT2D eigenvalue weighted by Crippen LogP contribution is 2.26. The number of hydrogen-bond acceptors (Lipinski definition) is 5. The molecule has 0 aromatic carbocycles. The van der Waals surface area contributed by atoms with E-state index in [4.69, 9.17) is 0 Å². The Morgan fingerprint density at radius 2 is 2.19 bits per heavy atom. The molecule has 0 radical (unpaired) electrons. The zero-order valence-electron chi connectivity index (χ0n) is 12.6. The van der Waals surface area contributed by atoms with Crippen molar-refractivity contribution in [3.05, 3.63) is 29.6 Å². The molecule has 7 heteroatoms. The summed E-state index contributed by atoms with van der Waals surface area (Å²) in [5.41, 5.74) is 1.23. The summed E-state index contributed by atoms with van der Waals surface area (Å²) in [5, 5.41) is 21.8. The summed E-state index contributed by atoms with van der Waals surface area (Å²) in [4.78, 5) is 2.44. The fraction of sp³-hybridized carbons (Fsp3) is 0.643. The van der Waals surface area contributed by atoms with Gasteiger partial charge in [-0.05, 0) is 25.5 Å². The lowest BCUT2D eigenvalue weighted by molar-refractivity contribution is 0.190. The van der Waals surface area contributed by atoms with E-state index in [1.807, 2.05) is 29.5 Å². The molecular weight excluding hydrogens is 268 g/mol. The fourth-order valence-electron chi connectivity index (χ4n) is 3.06. The van der Waals surface area contributed by atoms with Crippen LogP contribution < -0.4 is 0 Å². The lowest BCUT2D eigenvalue weighted by Gasteiger charge is -2.32. The minimum atomic E-state index is -0.0606. The molecule has 2 aromatic heterocycles. The molecule has 0 bridgehead atoms.